The molecule has 5 nitrogen and oxygen atoms in total. The highest BCUT2D eigenvalue weighted by atomic mass is 19.3. The Hall–Kier alpha value is -2.28. The molecule has 7 heteroatoms. The van der Waals surface area contributed by atoms with Crippen molar-refractivity contribution in [3.8, 4) is 11.5 Å². The summed E-state index contributed by atoms with van der Waals surface area (Å²) in [5.74, 6) is 0.312. The summed E-state index contributed by atoms with van der Waals surface area (Å²) in [5.41, 5.74) is 7.63. The van der Waals surface area contributed by atoms with Gasteiger partial charge >= 0.3 is 6.61 Å². The molecular formula is C16H17F2N3O2. The number of nitrogens with two attached hydrogens (primary N) is 1. The molecule has 1 atom stereocenters. The van der Waals surface area contributed by atoms with E-state index in [1.54, 1.807) is 24.5 Å². The van der Waals surface area contributed by atoms with Crippen LogP contribution in [0.3, 0.4) is 0 Å². The van der Waals surface area contributed by atoms with E-state index in [0.717, 1.165) is 30.4 Å². The lowest BCUT2D eigenvalue weighted by Crippen LogP contribution is -2.25. The van der Waals surface area contributed by atoms with Crippen molar-refractivity contribution in [2.45, 2.75) is 38.0 Å². The topological polar surface area (TPSA) is 70.3 Å². The highest BCUT2D eigenvalue weighted by molar-refractivity contribution is 5.45. The lowest BCUT2D eigenvalue weighted by Gasteiger charge is -2.27. The summed E-state index contributed by atoms with van der Waals surface area (Å²) >= 11 is 0. The van der Waals surface area contributed by atoms with E-state index in [0.29, 0.717) is 5.75 Å². The van der Waals surface area contributed by atoms with Crippen LogP contribution in [0.2, 0.25) is 0 Å². The highest BCUT2D eigenvalue weighted by Gasteiger charge is 2.23. The van der Waals surface area contributed by atoms with Crippen molar-refractivity contribution in [1.82, 2.24) is 9.97 Å². The van der Waals surface area contributed by atoms with Gasteiger partial charge in [0.05, 0.1) is 12.1 Å². The molecular weight excluding hydrogens is 304 g/mol. The van der Waals surface area contributed by atoms with E-state index in [1.807, 2.05) is 0 Å². The fourth-order valence-corrected chi connectivity index (χ4v) is 2.34. The predicted octanol–water partition coefficient (Wildman–Crippen LogP) is 3.06. The minimum Gasteiger partial charge on any atom is -0.487 e. The second-order valence-corrected chi connectivity index (χ2v) is 5.40. The second kappa shape index (κ2) is 6.87. The zero-order valence-electron chi connectivity index (χ0n) is 12.4. The van der Waals surface area contributed by atoms with Gasteiger partial charge in [0, 0.05) is 18.0 Å². The monoisotopic (exact) mass is 321 g/mol. The standard InChI is InChI=1S/C16H17F2N3O2/c17-16(18)23-13-5-4-10(6-14(13)22-12-2-1-3-12)15(19)11-7-20-9-21-8-11/h4-9,12,15-16H,1-3,19H2. The zero-order valence-corrected chi connectivity index (χ0v) is 12.4. The first-order valence-corrected chi connectivity index (χ1v) is 7.39. The van der Waals surface area contributed by atoms with Gasteiger partial charge in [-0.15, -0.1) is 0 Å². The van der Waals surface area contributed by atoms with Crippen LogP contribution < -0.4 is 15.2 Å². The summed E-state index contributed by atoms with van der Waals surface area (Å²) in [6.45, 7) is -2.90. The molecule has 0 saturated heterocycles. The van der Waals surface area contributed by atoms with E-state index in [2.05, 4.69) is 14.7 Å². The molecule has 0 aliphatic heterocycles. The summed E-state index contributed by atoms with van der Waals surface area (Å²) in [4.78, 5) is 7.87. The Morgan fingerprint density at radius 1 is 1.09 bits per heavy atom. The molecule has 122 valence electrons. The zero-order chi connectivity index (χ0) is 16.2. The summed E-state index contributed by atoms with van der Waals surface area (Å²) in [6, 6.07) is 4.27. The van der Waals surface area contributed by atoms with Crippen molar-refractivity contribution in [3.05, 3.63) is 48.0 Å². The van der Waals surface area contributed by atoms with Gasteiger partial charge in [0.25, 0.3) is 0 Å². The summed E-state index contributed by atoms with van der Waals surface area (Å²) in [6.07, 6.45) is 7.61. The van der Waals surface area contributed by atoms with E-state index in [-0.39, 0.29) is 11.9 Å². The minimum absolute atomic E-state index is 0.0205. The SMILES string of the molecule is NC(c1cncnc1)c1ccc(OC(F)F)c(OC2CCC2)c1. The van der Waals surface area contributed by atoms with Gasteiger partial charge in [-0.25, -0.2) is 9.97 Å². The number of rotatable bonds is 6. The number of benzene rings is 1. The Balaban J connectivity index is 1.87. The van der Waals surface area contributed by atoms with Crippen molar-refractivity contribution in [2.75, 3.05) is 0 Å². The van der Waals surface area contributed by atoms with Gasteiger partial charge in [-0.05, 0) is 37.0 Å². The number of aromatic nitrogens is 2. The number of alkyl halides is 2. The predicted molar refractivity (Wildman–Crippen MR) is 79.4 cm³/mol. The molecule has 1 aliphatic carbocycles. The summed E-state index contributed by atoms with van der Waals surface area (Å²) < 4.78 is 35.4. The van der Waals surface area contributed by atoms with Gasteiger partial charge < -0.3 is 15.2 Å². The van der Waals surface area contributed by atoms with Crippen molar-refractivity contribution in [1.29, 1.82) is 0 Å². The molecule has 23 heavy (non-hydrogen) atoms. The summed E-state index contributed by atoms with van der Waals surface area (Å²) in [5, 5.41) is 0. The molecule has 2 N–H and O–H groups in total. The van der Waals surface area contributed by atoms with E-state index in [4.69, 9.17) is 10.5 Å². The third-order valence-electron chi connectivity index (χ3n) is 3.83. The third-order valence-corrected chi connectivity index (χ3v) is 3.83. The Bertz CT molecular complexity index is 651. The molecule has 1 unspecified atom stereocenters. The smallest absolute Gasteiger partial charge is 0.387 e. The molecule has 3 rings (SSSR count). The van der Waals surface area contributed by atoms with Crippen LogP contribution in [0.4, 0.5) is 8.78 Å². The van der Waals surface area contributed by atoms with E-state index < -0.39 is 12.7 Å². The molecule has 0 spiro atoms. The Labute approximate surface area is 132 Å². The van der Waals surface area contributed by atoms with Gasteiger partial charge in [0.2, 0.25) is 0 Å². The average Bonchev–Trinajstić information content (AvgIpc) is 2.52. The first kappa shape index (κ1) is 15.6. The molecule has 1 aliphatic rings. The molecule has 1 fully saturated rings. The van der Waals surface area contributed by atoms with Gasteiger partial charge in [0.1, 0.15) is 6.33 Å². The molecule has 1 saturated carbocycles. The molecule has 0 radical (unpaired) electrons. The number of hydrogen-bond donors (Lipinski definition) is 1. The third kappa shape index (κ3) is 3.73. The normalized spacial score (nSPS) is 16.0. The van der Waals surface area contributed by atoms with Crippen molar-refractivity contribution in [3.63, 3.8) is 0 Å². The van der Waals surface area contributed by atoms with E-state index in [9.17, 15) is 8.78 Å². The maximum absolute atomic E-state index is 12.5. The van der Waals surface area contributed by atoms with E-state index in [1.165, 1.54) is 12.4 Å². The van der Waals surface area contributed by atoms with Crippen LogP contribution in [-0.2, 0) is 0 Å². The quantitative estimate of drug-likeness (QED) is 0.885. The number of halogens is 2. The number of nitrogens with zero attached hydrogens (tertiary/aromatic N) is 2. The lowest BCUT2D eigenvalue weighted by atomic mass is 9.96. The van der Waals surface area contributed by atoms with Crippen molar-refractivity contribution >= 4 is 0 Å². The maximum atomic E-state index is 12.5. The average molecular weight is 321 g/mol. The van der Waals surface area contributed by atoms with Crippen LogP contribution in [0.15, 0.2) is 36.9 Å². The largest absolute Gasteiger partial charge is 0.487 e. The highest BCUT2D eigenvalue weighted by Crippen LogP contribution is 2.36. The van der Waals surface area contributed by atoms with Gasteiger partial charge in [-0.2, -0.15) is 8.78 Å². The van der Waals surface area contributed by atoms with Crippen LogP contribution in [0.5, 0.6) is 11.5 Å². The van der Waals surface area contributed by atoms with Gasteiger partial charge in [-0.1, -0.05) is 6.07 Å². The molecule has 0 bridgehead atoms. The Kier molecular flexibility index (Phi) is 4.66. The molecule has 1 aromatic heterocycles. The molecule has 0 amide bonds. The molecule has 2 aromatic rings. The number of hydrogen-bond acceptors (Lipinski definition) is 5. The van der Waals surface area contributed by atoms with Crippen LogP contribution >= 0.6 is 0 Å². The Morgan fingerprint density at radius 2 is 1.83 bits per heavy atom. The maximum Gasteiger partial charge on any atom is 0.387 e. The minimum atomic E-state index is -2.90. The van der Waals surface area contributed by atoms with Crippen molar-refractivity contribution < 1.29 is 18.3 Å². The second-order valence-electron chi connectivity index (χ2n) is 5.40. The van der Waals surface area contributed by atoms with Crippen molar-refractivity contribution in [2.24, 2.45) is 5.73 Å². The fraction of sp³-hybridized carbons (Fsp3) is 0.375. The lowest BCUT2D eigenvalue weighted by molar-refractivity contribution is -0.0527. The molecule has 1 heterocycles. The summed E-state index contributed by atoms with van der Waals surface area (Å²) in [7, 11) is 0. The molecule has 1 aromatic carbocycles. The van der Waals surface area contributed by atoms with Gasteiger partial charge in [-0.3, -0.25) is 0 Å². The Morgan fingerprint density at radius 3 is 2.43 bits per heavy atom. The van der Waals surface area contributed by atoms with Crippen LogP contribution in [0.1, 0.15) is 36.4 Å². The first-order chi connectivity index (χ1) is 11.1. The van der Waals surface area contributed by atoms with Crippen LogP contribution in [-0.4, -0.2) is 22.7 Å². The fourth-order valence-electron chi connectivity index (χ4n) is 2.34. The number of ether oxygens (including phenoxy) is 2. The van der Waals surface area contributed by atoms with E-state index >= 15 is 0 Å². The van der Waals surface area contributed by atoms with Crippen LogP contribution in [0, 0.1) is 0 Å². The first-order valence-electron chi connectivity index (χ1n) is 7.39. The van der Waals surface area contributed by atoms with Crippen LogP contribution in [0.25, 0.3) is 0 Å². The van der Waals surface area contributed by atoms with Gasteiger partial charge in [0.15, 0.2) is 11.5 Å².